The van der Waals surface area contributed by atoms with Crippen molar-refractivity contribution in [3.05, 3.63) is 47.6 Å². The van der Waals surface area contributed by atoms with Crippen molar-refractivity contribution in [3.63, 3.8) is 0 Å². The third kappa shape index (κ3) is 3.46. The fourth-order valence-electron chi connectivity index (χ4n) is 3.57. The molecule has 0 N–H and O–H groups in total. The Bertz CT molecular complexity index is 622. The molecule has 2 aliphatic rings. The summed E-state index contributed by atoms with van der Waals surface area (Å²) in [6.07, 6.45) is 4.82. The Kier molecular flexibility index (Phi) is 4.39. The summed E-state index contributed by atoms with van der Waals surface area (Å²) >= 11 is 0. The minimum atomic E-state index is -0.102. The molecule has 0 radical (unpaired) electrons. The Morgan fingerprint density at radius 2 is 1.96 bits per heavy atom. The first kappa shape index (κ1) is 14.8. The van der Waals surface area contributed by atoms with Crippen LogP contribution in [0, 0.1) is 0 Å². The lowest BCUT2D eigenvalue weighted by Gasteiger charge is -2.31. The van der Waals surface area contributed by atoms with Crippen LogP contribution in [-0.4, -0.2) is 34.7 Å². The third-order valence-electron chi connectivity index (χ3n) is 4.85. The standard InChI is InChI=1S/C18H23N3O2/c1-2-6-14(7-3-1)12-21-10-11-22-16(13-21)18-19-17(20-23-18)15-8-4-5-9-15/h1-3,6-7,15-16H,4-5,8-13H2. The summed E-state index contributed by atoms with van der Waals surface area (Å²) in [5, 5.41) is 4.20. The average molecular weight is 313 g/mol. The van der Waals surface area contributed by atoms with E-state index < -0.39 is 0 Å². The van der Waals surface area contributed by atoms with E-state index in [2.05, 4.69) is 45.4 Å². The monoisotopic (exact) mass is 313 g/mol. The molecule has 2 aromatic rings. The first-order valence-electron chi connectivity index (χ1n) is 8.60. The molecule has 1 aliphatic carbocycles. The first-order valence-corrected chi connectivity index (χ1v) is 8.60. The predicted molar refractivity (Wildman–Crippen MR) is 85.9 cm³/mol. The summed E-state index contributed by atoms with van der Waals surface area (Å²) in [5.74, 6) is 2.00. The molecule has 23 heavy (non-hydrogen) atoms. The number of hydrogen-bond acceptors (Lipinski definition) is 5. The van der Waals surface area contributed by atoms with Crippen LogP contribution in [0.4, 0.5) is 0 Å². The fourth-order valence-corrected chi connectivity index (χ4v) is 3.57. The number of hydrogen-bond donors (Lipinski definition) is 0. The summed E-state index contributed by atoms with van der Waals surface area (Å²) in [5.41, 5.74) is 1.32. The van der Waals surface area contributed by atoms with E-state index in [1.165, 1.54) is 31.2 Å². The van der Waals surface area contributed by atoms with Gasteiger partial charge in [-0.15, -0.1) is 0 Å². The number of aromatic nitrogens is 2. The number of nitrogens with zero attached hydrogens (tertiary/aromatic N) is 3. The fraction of sp³-hybridized carbons (Fsp3) is 0.556. The van der Waals surface area contributed by atoms with Gasteiger partial charge in [-0.3, -0.25) is 4.90 Å². The van der Waals surface area contributed by atoms with Gasteiger partial charge in [0, 0.05) is 25.6 Å². The van der Waals surface area contributed by atoms with Gasteiger partial charge in [0.05, 0.1) is 6.61 Å². The number of ether oxygens (including phenoxy) is 1. The maximum Gasteiger partial charge on any atom is 0.257 e. The van der Waals surface area contributed by atoms with E-state index in [0.717, 1.165) is 25.5 Å². The highest BCUT2D eigenvalue weighted by Crippen LogP contribution is 2.33. The predicted octanol–water partition coefficient (Wildman–Crippen LogP) is 3.30. The third-order valence-corrected chi connectivity index (χ3v) is 4.85. The van der Waals surface area contributed by atoms with Crippen LogP contribution in [0.1, 0.15) is 55.0 Å². The lowest BCUT2D eigenvalue weighted by atomic mass is 10.1. The Balaban J connectivity index is 1.41. The molecule has 0 spiro atoms. The highest BCUT2D eigenvalue weighted by molar-refractivity contribution is 5.14. The van der Waals surface area contributed by atoms with Gasteiger partial charge in [0.25, 0.3) is 5.89 Å². The summed E-state index contributed by atoms with van der Waals surface area (Å²) in [6, 6.07) is 10.5. The number of morpholine rings is 1. The van der Waals surface area contributed by atoms with Gasteiger partial charge < -0.3 is 9.26 Å². The van der Waals surface area contributed by atoms with Gasteiger partial charge in [-0.05, 0) is 18.4 Å². The van der Waals surface area contributed by atoms with Crippen molar-refractivity contribution in [1.82, 2.24) is 15.0 Å². The Labute approximate surface area is 136 Å². The Hall–Kier alpha value is -1.72. The van der Waals surface area contributed by atoms with Crippen LogP contribution in [0.5, 0.6) is 0 Å². The smallest absolute Gasteiger partial charge is 0.257 e. The second-order valence-electron chi connectivity index (χ2n) is 6.55. The SMILES string of the molecule is c1ccc(CN2CCOC(c3nc(C4CCCC4)no3)C2)cc1. The number of benzene rings is 1. The molecule has 1 aromatic carbocycles. The lowest BCUT2D eigenvalue weighted by Crippen LogP contribution is -2.37. The molecular weight excluding hydrogens is 290 g/mol. The first-order chi connectivity index (χ1) is 11.4. The van der Waals surface area contributed by atoms with Crippen LogP contribution in [0.25, 0.3) is 0 Å². The van der Waals surface area contributed by atoms with Gasteiger partial charge in [-0.1, -0.05) is 48.3 Å². The van der Waals surface area contributed by atoms with Crippen LogP contribution in [-0.2, 0) is 11.3 Å². The maximum atomic E-state index is 5.87. The molecule has 5 nitrogen and oxygen atoms in total. The molecule has 4 rings (SSSR count). The van der Waals surface area contributed by atoms with Crippen LogP contribution >= 0.6 is 0 Å². The van der Waals surface area contributed by atoms with Crippen LogP contribution < -0.4 is 0 Å². The van der Waals surface area contributed by atoms with E-state index >= 15 is 0 Å². The second-order valence-corrected chi connectivity index (χ2v) is 6.55. The van der Waals surface area contributed by atoms with Gasteiger partial charge in [-0.25, -0.2) is 0 Å². The molecule has 0 bridgehead atoms. The van der Waals surface area contributed by atoms with Gasteiger partial charge in [0.15, 0.2) is 5.82 Å². The van der Waals surface area contributed by atoms with Crippen LogP contribution in [0.2, 0.25) is 0 Å². The highest BCUT2D eigenvalue weighted by Gasteiger charge is 2.29. The van der Waals surface area contributed by atoms with Gasteiger partial charge in [0.1, 0.15) is 6.10 Å². The highest BCUT2D eigenvalue weighted by atomic mass is 16.5. The largest absolute Gasteiger partial charge is 0.366 e. The van der Waals surface area contributed by atoms with E-state index in [9.17, 15) is 0 Å². The second kappa shape index (κ2) is 6.81. The maximum absolute atomic E-state index is 5.87. The molecular formula is C18H23N3O2. The van der Waals surface area contributed by atoms with E-state index in [1.807, 2.05) is 0 Å². The molecule has 122 valence electrons. The van der Waals surface area contributed by atoms with Crippen LogP contribution in [0.3, 0.4) is 0 Å². The van der Waals surface area contributed by atoms with Crippen molar-refractivity contribution < 1.29 is 9.26 Å². The van der Waals surface area contributed by atoms with Gasteiger partial charge in [0.2, 0.25) is 0 Å². The van der Waals surface area contributed by atoms with Crippen molar-refractivity contribution in [1.29, 1.82) is 0 Å². The molecule has 0 amide bonds. The Morgan fingerprint density at radius 3 is 2.78 bits per heavy atom. The molecule has 1 aromatic heterocycles. The minimum absolute atomic E-state index is 0.102. The van der Waals surface area contributed by atoms with Gasteiger partial charge >= 0.3 is 0 Å². The van der Waals surface area contributed by atoms with E-state index in [4.69, 9.17) is 9.26 Å². The van der Waals surface area contributed by atoms with E-state index in [0.29, 0.717) is 18.4 Å². The zero-order valence-electron chi connectivity index (χ0n) is 13.4. The molecule has 2 fully saturated rings. The summed E-state index contributed by atoms with van der Waals surface area (Å²) in [7, 11) is 0. The van der Waals surface area contributed by atoms with Crippen molar-refractivity contribution in [2.75, 3.05) is 19.7 Å². The molecule has 5 heteroatoms. The summed E-state index contributed by atoms with van der Waals surface area (Å²) in [4.78, 5) is 7.02. The van der Waals surface area contributed by atoms with Crippen molar-refractivity contribution in [3.8, 4) is 0 Å². The molecule has 1 saturated carbocycles. The normalized spacial score (nSPS) is 23.4. The van der Waals surface area contributed by atoms with E-state index in [-0.39, 0.29) is 6.10 Å². The molecule has 1 aliphatic heterocycles. The molecule has 2 heterocycles. The quantitative estimate of drug-likeness (QED) is 0.867. The number of rotatable bonds is 4. The zero-order valence-corrected chi connectivity index (χ0v) is 13.4. The summed E-state index contributed by atoms with van der Waals surface area (Å²) in [6.45, 7) is 3.39. The van der Waals surface area contributed by atoms with Gasteiger partial charge in [-0.2, -0.15) is 4.98 Å². The topological polar surface area (TPSA) is 51.4 Å². The average Bonchev–Trinajstić information content (AvgIpc) is 3.28. The Morgan fingerprint density at radius 1 is 1.13 bits per heavy atom. The summed E-state index contributed by atoms with van der Waals surface area (Å²) < 4.78 is 11.4. The lowest BCUT2D eigenvalue weighted by molar-refractivity contribution is -0.0475. The van der Waals surface area contributed by atoms with E-state index in [1.54, 1.807) is 0 Å². The minimum Gasteiger partial charge on any atom is -0.366 e. The van der Waals surface area contributed by atoms with Crippen molar-refractivity contribution >= 4 is 0 Å². The van der Waals surface area contributed by atoms with Crippen molar-refractivity contribution in [2.24, 2.45) is 0 Å². The van der Waals surface area contributed by atoms with Crippen molar-refractivity contribution in [2.45, 2.75) is 44.2 Å². The molecule has 1 saturated heterocycles. The molecule has 1 unspecified atom stereocenters. The molecule has 1 atom stereocenters. The zero-order chi connectivity index (χ0) is 15.5. The van der Waals surface area contributed by atoms with Crippen LogP contribution in [0.15, 0.2) is 34.9 Å².